The van der Waals surface area contributed by atoms with Crippen LogP contribution in [0.3, 0.4) is 0 Å². The highest BCUT2D eigenvalue weighted by Crippen LogP contribution is 2.17. The number of ether oxygens (including phenoxy) is 1. The molecular weight excluding hydrogens is 234 g/mol. The minimum Gasteiger partial charge on any atom is -0.464 e. The van der Waals surface area contributed by atoms with Crippen LogP contribution in [0.25, 0.3) is 5.69 Å². The molecule has 0 bridgehead atoms. The van der Waals surface area contributed by atoms with E-state index >= 15 is 0 Å². The highest BCUT2D eigenvalue weighted by Gasteiger charge is 2.18. The van der Waals surface area contributed by atoms with Crippen molar-refractivity contribution in [3.63, 3.8) is 0 Å². The standard InChI is InChI=1S/C12H13N3O3/c1-2-18-12(17)11(16)9-4-3-5-10(6-9)15-8-13-7-14-15/h3-8,11,16H,2H2,1H3. The highest BCUT2D eigenvalue weighted by molar-refractivity contribution is 5.76. The van der Waals surface area contributed by atoms with Crippen LogP contribution in [0.1, 0.15) is 18.6 Å². The number of carbonyl (C=O) groups is 1. The molecule has 6 nitrogen and oxygen atoms in total. The van der Waals surface area contributed by atoms with Crippen LogP contribution < -0.4 is 0 Å². The molecule has 94 valence electrons. The Morgan fingerprint density at radius 3 is 3.06 bits per heavy atom. The molecule has 0 aliphatic heterocycles. The normalized spacial score (nSPS) is 12.1. The van der Waals surface area contributed by atoms with Crippen molar-refractivity contribution >= 4 is 5.97 Å². The maximum Gasteiger partial charge on any atom is 0.339 e. The van der Waals surface area contributed by atoms with E-state index in [4.69, 9.17) is 4.74 Å². The molecule has 2 aromatic rings. The summed E-state index contributed by atoms with van der Waals surface area (Å²) < 4.78 is 6.31. The number of carbonyl (C=O) groups excluding carboxylic acids is 1. The number of benzene rings is 1. The quantitative estimate of drug-likeness (QED) is 0.811. The zero-order valence-corrected chi connectivity index (χ0v) is 9.85. The monoisotopic (exact) mass is 247 g/mol. The fourth-order valence-electron chi connectivity index (χ4n) is 1.54. The number of aliphatic hydroxyl groups is 1. The molecule has 1 aromatic carbocycles. The predicted octanol–water partition coefficient (Wildman–Crippen LogP) is 0.864. The van der Waals surface area contributed by atoms with Crippen LogP contribution in [-0.2, 0) is 9.53 Å². The van der Waals surface area contributed by atoms with Crippen LogP contribution in [-0.4, -0.2) is 32.4 Å². The second kappa shape index (κ2) is 5.42. The third kappa shape index (κ3) is 2.54. The molecule has 18 heavy (non-hydrogen) atoms. The number of hydrogen-bond acceptors (Lipinski definition) is 5. The molecule has 6 heteroatoms. The molecule has 0 radical (unpaired) electrons. The fourth-order valence-corrected chi connectivity index (χ4v) is 1.54. The van der Waals surface area contributed by atoms with Gasteiger partial charge in [-0.2, -0.15) is 5.10 Å². The zero-order valence-electron chi connectivity index (χ0n) is 9.85. The molecule has 1 aromatic heterocycles. The second-order valence-corrected chi connectivity index (χ2v) is 3.59. The molecule has 0 saturated carbocycles. The van der Waals surface area contributed by atoms with Gasteiger partial charge in [-0.15, -0.1) is 0 Å². The first-order valence-corrected chi connectivity index (χ1v) is 5.52. The summed E-state index contributed by atoms with van der Waals surface area (Å²) in [6.07, 6.45) is 1.66. The van der Waals surface area contributed by atoms with E-state index in [0.29, 0.717) is 11.3 Å². The molecular formula is C12H13N3O3. The zero-order chi connectivity index (χ0) is 13.0. The van der Waals surface area contributed by atoms with E-state index < -0.39 is 12.1 Å². The van der Waals surface area contributed by atoms with E-state index in [1.54, 1.807) is 35.9 Å². The van der Waals surface area contributed by atoms with Gasteiger partial charge in [-0.25, -0.2) is 14.5 Å². The molecule has 1 heterocycles. The van der Waals surface area contributed by atoms with Crippen molar-refractivity contribution < 1.29 is 14.6 Å². The van der Waals surface area contributed by atoms with E-state index in [0.717, 1.165) is 0 Å². The van der Waals surface area contributed by atoms with Crippen molar-refractivity contribution in [1.29, 1.82) is 0 Å². The molecule has 0 aliphatic carbocycles. The number of rotatable bonds is 4. The van der Waals surface area contributed by atoms with Gasteiger partial charge in [0.15, 0.2) is 6.10 Å². The summed E-state index contributed by atoms with van der Waals surface area (Å²) in [5, 5.41) is 13.8. The van der Waals surface area contributed by atoms with Crippen molar-refractivity contribution in [2.24, 2.45) is 0 Å². The fraction of sp³-hybridized carbons (Fsp3) is 0.250. The van der Waals surface area contributed by atoms with Gasteiger partial charge in [-0.05, 0) is 24.6 Å². The van der Waals surface area contributed by atoms with Crippen molar-refractivity contribution in [2.45, 2.75) is 13.0 Å². The topological polar surface area (TPSA) is 77.2 Å². The summed E-state index contributed by atoms with van der Waals surface area (Å²) >= 11 is 0. The summed E-state index contributed by atoms with van der Waals surface area (Å²) in [4.78, 5) is 15.3. The van der Waals surface area contributed by atoms with E-state index in [1.807, 2.05) is 0 Å². The molecule has 0 fully saturated rings. The molecule has 0 spiro atoms. The Morgan fingerprint density at radius 1 is 1.56 bits per heavy atom. The maximum atomic E-state index is 11.4. The third-order valence-electron chi connectivity index (χ3n) is 2.38. The Labute approximate surface area is 104 Å². The Balaban J connectivity index is 2.25. The van der Waals surface area contributed by atoms with Crippen molar-refractivity contribution in [1.82, 2.24) is 14.8 Å². The lowest BCUT2D eigenvalue weighted by atomic mass is 10.1. The lowest BCUT2D eigenvalue weighted by Crippen LogP contribution is -2.15. The SMILES string of the molecule is CCOC(=O)C(O)c1cccc(-n2cncn2)c1. The van der Waals surface area contributed by atoms with E-state index in [2.05, 4.69) is 10.1 Å². The van der Waals surface area contributed by atoms with Gasteiger partial charge in [0.25, 0.3) is 0 Å². The average Bonchev–Trinajstić information content (AvgIpc) is 2.92. The van der Waals surface area contributed by atoms with Gasteiger partial charge in [0, 0.05) is 0 Å². The Morgan fingerprint density at radius 2 is 2.39 bits per heavy atom. The van der Waals surface area contributed by atoms with E-state index in [9.17, 15) is 9.90 Å². The summed E-state index contributed by atoms with van der Waals surface area (Å²) in [7, 11) is 0. The van der Waals surface area contributed by atoms with Crippen LogP contribution in [0.2, 0.25) is 0 Å². The van der Waals surface area contributed by atoms with Gasteiger partial charge < -0.3 is 9.84 Å². The van der Waals surface area contributed by atoms with Crippen LogP contribution >= 0.6 is 0 Å². The number of aromatic nitrogens is 3. The van der Waals surface area contributed by atoms with Crippen molar-refractivity contribution in [3.8, 4) is 5.69 Å². The van der Waals surface area contributed by atoms with Crippen molar-refractivity contribution in [3.05, 3.63) is 42.5 Å². The average molecular weight is 247 g/mol. The van der Waals surface area contributed by atoms with Crippen molar-refractivity contribution in [2.75, 3.05) is 6.61 Å². The lowest BCUT2D eigenvalue weighted by molar-refractivity contribution is -0.153. The number of esters is 1. The Hall–Kier alpha value is -2.21. The van der Waals surface area contributed by atoms with E-state index in [1.165, 1.54) is 12.7 Å². The maximum absolute atomic E-state index is 11.4. The predicted molar refractivity (Wildman–Crippen MR) is 63.0 cm³/mol. The van der Waals surface area contributed by atoms with Gasteiger partial charge >= 0.3 is 5.97 Å². The first kappa shape index (κ1) is 12.3. The highest BCUT2D eigenvalue weighted by atomic mass is 16.5. The summed E-state index contributed by atoms with van der Waals surface area (Å²) in [5.41, 5.74) is 1.18. The first-order chi connectivity index (χ1) is 8.72. The van der Waals surface area contributed by atoms with Gasteiger partial charge in [0.2, 0.25) is 0 Å². The first-order valence-electron chi connectivity index (χ1n) is 5.52. The Bertz CT molecular complexity index is 525. The molecule has 0 amide bonds. The third-order valence-corrected chi connectivity index (χ3v) is 2.38. The van der Waals surface area contributed by atoms with Crippen LogP contribution in [0, 0.1) is 0 Å². The molecule has 1 unspecified atom stereocenters. The van der Waals surface area contributed by atoms with Crippen LogP contribution in [0.4, 0.5) is 0 Å². The molecule has 0 aliphatic rings. The summed E-state index contributed by atoms with van der Waals surface area (Å²) in [6.45, 7) is 1.93. The Kier molecular flexibility index (Phi) is 3.69. The summed E-state index contributed by atoms with van der Waals surface area (Å²) in [5.74, 6) is -0.659. The summed E-state index contributed by atoms with van der Waals surface area (Å²) in [6, 6.07) is 6.85. The number of hydrogen-bond donors (Lipinski definition) is 1. The van der Waals surface area contributed by atoms with Gasteiger partial charge in [-0.1, -0.05) is 12.1 Å². The molecule has 1 atom stereocenters. The van der Waals surface area contributed by atoms with Crippen LogP contribution in [0.5, 0.6) is 0 Å². The van der Waals surface area contributed by atoms with Crippen LogP contribution in [0.15, 0.2) is 36.9 Å². The van der Waals surface area contributed by atoms with E-state index in [-0.39, 0.29) is 6.61 Å². The lowest BCUT2D eigenvalue weighted by Gasteiger charge is -2.11. The smallest absolute Gasteiger partial charge is 0.339 e. The number of nitrogens with zero attached hydrogens (tertiary/aromatic N) is 3. The van der Waals surface area contributed by atoms with Gasteiger partial charge in [0.1, 0.15) is 12.7 Å². The molecule has 2 rings (SSSR count). The molecule has 1 N–H and O–H groups in total. The largest absolute Gasteiger partial charge is 0.464 e. The second-order valence-electron chi connectivity index (χ2n) is 3.59. The number of aliphatic hydroxyl groups excluding tert-OH is 1. The van der Waals surface area contributed by atoms with Gasteiger partial charge in [-0.3, -0.25) is 0 Å². The minimum atomic E-state index is -1.28. The minimum absolute atomic E-state index is 0.235. The van der Waals surface area contributed by atoms with Gasteiger partial charge in [0.05, 0.1) is 12.3 Å². The molecule has 0 saturated heterocycles.